The fraction of sp³-hybridized carbons (Fsp3) is 1.00. The van der Waals surface area contributed by atoms with Gasteiger partial charge in [-0.15, -0.1) is 0 Å². The highest BCUT2D eigenvalue weighted by molar-refractivity contribution is 7.73. The Morgan fingerprint density at radius 2 is 0.933 bits per heavy atom. The van der Waals surface area contributed by atoms with Crippen molar-refractivity contribution in [3.8, 4) is 0 Å². The van der Waals surface area contributed by atoms with Crippen LogP contribution in [0.1, 0.15) is 116 Å². The maximum Gasteiger partial charge on any atom is 0.472 e. The maximum atomic E-state index is 11.8. The van der Waals surface area contributed by atoms with Gasteiger partial charge in [0.1, 0.15) is 0 Å². The summed E-state index contributed by atoms with van der Waals surface area (Å²) in [5.41, 5.74) is 0. The topological polar surface area (TPSA) is 55.8 Å². The molecule has 0 fully saturated rings. The van der Waals surface area contributed by atoms with Crippen molar-refractivity contribution in [1.82, 2.24) is 0 Å². The van der Waals surface area contributed by atoms with Crippen molar-refractivity contribution < 1.29 is 18.5 Å². The zero-order chi connectivity index (χ0) is 22.6. The fourth-order valence-electron chi connectivity index (χ4n) is 3.59. The van der Waals surface area contributed by atoms with E-state index in [1.54, 1.807) is 0 Å². The fourth-order valence-corrected chi connectivity index (χ4v) is 5.46. The lowest BCUT2D eigenvalue weighted by molar-refractivity contribution is 0.147. The molecule has 4 nitrogen and oxygen atoms in total. The van der Waals surface area contributed by atoms with Crippen molar-refractivity contribution in [2.75, 3.05) is 39.4 Å². The summed E-state index contributed by atoms with van der Waals surface area (Å²) < 4.78 is 22.0. The Labute approximate surface area is 189 Å². The highest BCUT2D eigenvalue weighted by Crippen LogP contribution is 2.48. The third kappa shape index (κ3) is 24.8. The van der Waals surface area contributed by atoms with Gasteiger partial charge in [0.05, 0.1) is 19.4 Å². The first-order valence-electron chi connectivity index (χ1n) is 12.7. The predicted molar refractivity (Wildman–Crippen MR) is 135 cm³/mol. The van der Waals surface area contributed by atoms with Gasteiger partial charge in [0, 0.05) is 33.7 Å². The van der Waals surface area contributed by atoms with E-state index in [4.69, 9.17) is 9.05 Å². The van der Waals surface area contributed by atoms with Crippen LogP contribution in [-0.2, 0) is 13.6 Å². The van der Waals surface area contributed by atoms with Gasteiger partial charge < -0.3 is 4.89 Å². The molecule has 0 aliphatic heterocycles. The molecule has 0 heterocycles. The number of unbranched alkanes of at least 4 members (excludes halogenated alkanes) is 15. The van der Waals surface area contributed by atoms with Crippen LogP contribution < -0.4 is 0 Å². The highest BCUT2D eigenvalue weighted by Gasteiger charge is 2.22. The van der Waals surface area contributed by atoms with E-state index in [1.165, 1.54) is 89.9 Å². The van der Waals surface area contributed by atoms with E-state index in [1.807, 2.05) is 0 Å². The first-order chi connectivity index (χ1) is 14.3. The molecule has 0 saturated carbocycles. The van der Waals surface area contributed by atoms with Crippen LogP contribution in [0.25, 0.3) is 0 Å². The van der Waals surface area contributed by atoms with E-state index in [-0.39, 0.29) is 0 Å². The van der Waals surface area contributed by atoms with Crippen molar-refractivity contribution in [2.24, 2.45) is 0 Å². The quantitative estimate of drug-likeness (QED) is 0.121. The Morgan fingerprint density at radius 3 is 1.30 bits per heavy atom. The molecule has 0 aromatic rings. The Balaban J connectivity index is 3.29. The molecule has 0 radical (unpaired) electrons. The number of rotatable bonds is 23. The monoisotopic (exact) mass is 467 g/mol. The van der Waals surface area contributed by atoms with Gasteiger partial charge in [-0.2, -0.15) is 0 Å². The van der Waals surface area contributed by atoms with Gasteiger partial charge in [-0.1, -0.05) is 103 Å². The minimum Gasteiger partial charge on any atom is -0.302 e. The lowest BCUT2D eigenvalue weighted by Crippen LogP contribution is -2.02. The van der Waals surface area contributed by atoms with E-state index >= 15 is 0 Å². The van der Waals surface area contributed by atoms with Crippen molar-refractivity contribution in [3.63, 3.8) is 0 Å². The highest BCUT2D eigenvalue weighted by atomic mass is 31.2. The van der Waals surface area contributed by atoms with Crippen molar-refractivity contribution in [2.45, 2.75) is 116 Å². The first-order valence-corrected chi connectivity index (χ1v) is 17.5. The smallest absolute Gasteiger partial charge is 0.302 e. The summed E-state index contributed by atoms with van der Waals surface area (Å²) in [6.45, 7) is 9.69. The Kier molecular flexibility index (Phi) is 20.5. The summed E-state index contributed by atoms with van der Waals surface area (Å²) in [5, 5.41) is 0. The average molecular weight is 468 g/mol. The van der Waals surface area contributed by atoms with E-state index in [9.17, 15) is 9.46 Å². The molecule has 1 N–H and O–H groups in total. The van der Waals surface area contributed by atoms with Crippen LogP contribution in [0, 0.1) is 0 Å². The molecule has 6 heteroatoms. The Morgan fingerprint density at radius 1 is 0.600 bits per heavy atom. The van der Waals surface area contributed by atoms with Gasteiger partial charge in [-0.25, -0.2) is 4.57 Å². The van der Waals surface area contributed by atoms with Crippen molar-refractivity contribution >= 4 is 15.1 Å². The average Bonchev–Trinajstić information content (AvgIpc) is 2.67. The summed E-state index contributed by atoms with van der Waals surface area (Å²) in [7, 11) is -4.70. The molecule has 1 unspecified atom stereocenters. The standard InChI is InChI=1S/C24H52O4P2/c1-5-6-7-8-9-10-11-12-13-14-15-16-17-18-19-20-22-27-30(25,26)28-23-21-24-29(2,3)4/h5-24H2,1-4H3/p+1. The molecule has 0 aromatic carbocycles. The number of hydrogen-bond acceptors (Lipinski definition) is 3. The van der Waals surface area contributed by atoms with Gasteiger partial charge >= 0.3 is 7.82 Å². The zero-order valence-corrected chi connectivity index (χ0v) is 22.5. The molecular weight excluding hydrogens is 414 g/mol. The minimum absolute atomic E-state index is 0.310. The molecule has 0 aliphatic carbocycles. The summed E-state index contributed by atoms with van der Waals surface area (Å²) in [6, 6.07) is 0. The molecule has 30 heavy (non-hydrogen) atoms. The predicted octanol–water partition coefficient (Wildman–Crippen LogP) is 8.68. The number of hydrogen-bond donors (Lipinski definition) is 1. The molecule has 182 valence electrons. The van der Waals surface area contributed by atoms with Gasteiger partial charge in [0.25, 0.3) is 0 Å². The summed E-state index contributed by atoms with van der Waals surface area (Å²) in [5.74, 6) is 0. The molecule has 0 amide bonds. The zero-order valence-electron chi connectivity index (χ0n) is 20.7. The Bertz CT molecular complexity index is 411. The van der Waals surface area contributed by atoms with Gasteiger partial charge in [-0.05, 0) is 6.42 Å². The van der Waals surface area contributed by atoms with E-state index in [0.717, 1.165) is 25.4 Å². The second-order valence-electron chi connectivity index (χ2n) is 9.81. The normalized spacial score (nSPS) is 14.2. The molecule has 0 spiro atoms. The molecule has 0 aromatic heterocycles. The minimum atomic E-state index is -3.85. The lowest BCUT2D eigenvalue weighted by Gasteiger charge is -2.14. The molecule has 0 saturated heterocycles. The van der Waals surface area contributed by atoms with Crippen LogP contribution >= 0.6 is 15.1 Å². The number of phosphoric ester groups is 1. The molecule has 1 atom stereocenters. The van der Waals surface area contributed by atoms with Crippen LogP contribution in [0.2, 0.25) is 0 Å². The second-order valence-corrected chi connectivity index (χ2v) is 16.3. The second kappa shape index (κ2) is 20.2. The van der Waals surface area contributed by atoms with E-state index in [2.05, 4.69) is 26.9 Å². The van der Waals surface area contributed by atoms with E-state index in [0.29, 0.717) is 13.2 Å². The van der Waals surface area contributed by atoms with Crippen LogP contribution in [0.4, 0.5) is 0 Å². The van der Waals surface area contributed by atoms with Gasteiger partial charge in [0.2, 0.25) is 0 Å². The third-order valence-corrected chi connectivity index (χ3v) is 8.16. The summed E-state index contributed by atoms with van der Waals surface area (Å²) in [4.78, 5) is 9.69. The molecular formula is C24H53O4P2+. The third-order valence-electron chi connectivity index (χ3n) is 5.48. The van der Waals surface area contributed by atoms with Gasteiger partial charge in [0.15, 0.2) is 0 Å². The number of phosphoric acid groups is 1. The summed E-state index contributed by atoms with van der Waals surface area (Å²) in [6.07, 6.45) is 23.0. The van der Waals surface area contributed by atoms with Crippen LogP contribution in [0.15, 0.2) is 0 Å². The SMILES string of the molecule is CCCCCCCCCCCCCCCCCCOP(=O)(O)OCCC[P+](C)(C)C. The molecule has 0 rings (SSSR count). The largest absolute Gasteiger partial charge is 0.472 e. The maximum absolute atomic E-state index is 11.8. The van der Waals surface area contributed by atoms with Crippen LogP contribution in [-0.4, -0.2) is 44.3 Å². The Hall–Kier alpha value is 0.540. The van der Waals surface area contributed by atoms with Crippen LogP contribution in [0.5, 0.6) is 0 Å². The van der Waals surface area contributed by atoms with Crippen LogP contribution in [0.3, 0.4) is 0 Å². The van der Waals surface area contributed by atoms with Crippen molar-refractivity contribution in [1.29, 1.82) is 0 Å². The summed E-state index contributed by atoms with van der Waals surface area (Å²) >= 11 is 0. The van der Waals surface area contributed by atoms with Gasteiger partial charge in [-0.3, -0.25) is 9.05 Å². The lowest BCUT2D eigenvalue weighted by atomic mass is 10.0. The first kappa shape index (κ1) is 30.5. The molecule has 0 bridgehead atoms. The van der Waals surface area contributed by atoms with E-state index < -0.39 is 15.1 Å². The van der Waals surface area contributed by atoms with Crippen molar-refractivity contribution in [3.05, 3.63) is 0 Å². The molecule has 0 aliphatic rings.